The van der Waals surface area contributed by atoms with E-state index in [1.54, 1.807) is 25.1 Å². The molecule has 0 saturated heterocycles. The lowest BCUT2D eigenvalue weighted by Gasteiger charge is -2.27. The second kappa shape index (κ2) is 8.29. The Balaban J connectivity index is 1.65. The number of ether oxygens (including phenoxy) is 2. The van der Waals surface area contributed by atoms with Gasteiger partial charge in [0.1, 0.15) is 0 Å². The van der Waals surface area contributed by atoms with Crippen molar-refractivity contribution >= 4 is 28.7 Å². The Morgan fingerprint density at radius 1 is 1.12 bits per heavy atom. The van der Waals surface area contributed by atoms with Gasteiger partial charge in [-0.2, -0.15) is 0 Å². The summed E-state index contributed by atoms with van der Waals surface area (Å²) in [5.41, 5.74) is 2.99. The third-order valence-electron chi connectivity index (χ3n) is 6.12. The van der Waals surface area contributed by atoms with Gasteiger partial charge in [0.15, 0.2) is 17.3 Å². The lowest BCUT2D eigenvalue weighted by atomic mass is 9.92. The molecule has 1 atom stereocenters. The summed E-state index contributed by atoms with van der Waals surface area (Å²) in [4.78, 5) is 33.3. The van der Waals surface area contributed by atoms with E-state index < -0.39 is 23.5 Å². The zero-order valence-corrected chi connectivity index (χ0v) is 20.1. The van der Waals surface area contributed by atoms with Crippen molar-refractivity contribution in [3.05, 3.63) is 80.5 Å². The number of benzene rings is 2. The third kappa shape index (κ3) is 3.54. The highest BCUT2D eigenvalue weighted by Gasteiger charge is 2.45. The molecular weight excluding hydrogens is 452 g/mol. The van der Waals surface area contributed by atoms with E-state index in [0.717, 1.165) is 16.1 Å². The largest absolute Gasteiger partial charge is 0.503 e. The van der Waals surface area contributed by atoms with Crippen LogP contribution in [0.1, 0.15) is 57.3 Å². The molecule has 0 spiro atoms. The van der Waals surface area contributed by atoms with Gasteiger partial charge >= 0.3 is 0 Å². The first-order valence-electron chi connectivity index (χ1n) is 11.0. The van der Waals surface area contributed by atoms with Crippen molar-refractivity contribution in [2.24, 2.45) is 0 Å². The number of fused-ring (bicyclic) bond motifs is 1. The van der Waals surface area contributed by atoms with Crippen LogP contribution in [-0.2, 0) is 4.79 Å². The smallest absolute Gasteiger partial charge is 0.294 e. The minimum Gasteiger partial charge on any atom is -0.503 e. The van der Waals surface area contributed by atoms with Crippen molar-refractivity contribution in [2.45, 2.75) is 39.7 Å². The molecule has 3 aromatic rings. The number of hydrogen-bond donors (Lipinski definition) is 1. The topological polar surface area (TPSA) is 89.0 Å². The molecule has 3 heterocycles. The Kier molecular flexibility index (Phi) is 5.40. The predicted molar refractivity (Wildman–Crippen MR) is 129 cm³/mol. The number of aromatic nitrogens is 1. The molecule has 1 aromatic heterocycles. The number of anilines is 1. The molecule has 0 radical (unpaired) electrons. The van der Waals surface area contributed by atoms with E-state index in [-0.39, 0.29) is 12.4 Å². The summed E-state index contributed by atoms with van der Waals surface area (Å²) in [6.07, 6.45) is 0. The van der Waals surface area contributed by atoms with Gasteiger partial charge in [-0.1, -0.05) is 38.1 Å². The number of Topliss-reactive ketones (excluding diaryl/α,β-unsaturated/α-hetero) is 1. The van der Waals surface area contributed by atoms with Gasteiger partial charge in [-0.15, -0.1) is 11.3 Å². The number of aliphatic hydroxyl groups is 1. The van der Waals surface area contributed by atoms with E-state index in [9.17, 15) is 14.7 Å². The molecule has 0 fully saturated rings. The van der Waals surface area contributed by atoms with Crippen molar-refractivity contribution in [1.82, 2.24) is 4.98 Å². The van der Waals surface area contributed by atoms with Crippen molar-refractivity contribution in [3.63, 3.8) is 0 Å². The zero-order chi connectivity index (χ0) is 24.1. The second-order valence-corrected chi connectivity index (χ2v) is 9.88. The minimum atomic E-state index is -0.802. The summed E-state index contributed by atoms with van der Waals surface area (Å²) in [6, 6.07) is 12.1. The van der Waals surface area contributed by atoms with Gasteiger partial charge in [0, 0.05) is 11.8 Å². The van der Waals surface area contributed by atoms with E-state index in [2.05, 4.69) is 18.8 Å². The van der Waals surface area contributed by atoms with Crippen LogP contribution >= 0.6 is 11.3 Å². The molecule has 7 nitrogen and oxygen atoms in total. The van der Waals surface area contributed by atoms with Gasteiger partial charge in [0.2, 0.25) is 12.6 Å². The average Bonchev–Trinajstić information content (AvgIpc) is 3.49. The normalized spacial score (nSPS) is 17.3. The van der Waals surface area contributed by atoms with Crippen LogP contribution in [0.5, 0.6) is 11.5 Å². The third-order valence-corrected chi connectivity index (χ3v) is 7.19. The number of ketones is 1. The number of nitrogens with zero attached hydrogens (tertiary/aromatic N) is 2. The summed E-state index contributed by atoms with van der Waals surface area (Å²) in [6.45, 7) is 7.88. The Bertz CT molecular complexity index is 1340. The lowest BCUT2D eigenvalue weighted by molar-refractivity contribution is -0.117. The fourth-order valence-corrected chi connectivity index (χ4v) is 5.26. The van der Waals surface area contributed by atoms with Crippen LogP contribution in [0.15, 0.2) is 53.8 Å². The molecule has 1 unspecified atom stereocenters. The molecule has 8 heteroatoms. The fraction of sp³-hybridized carbons (Fsp3) is 0.269. The lowest BCUT2D eigenvalue weighted by Crippen LogP contribution is -2.31. The highest BCUT2D eigenvalue weighted by molar-refractivity contribution is 7.14. The van der Waals surface area contributed by atoms with Crippen LogP contribution in [0, 0.1) is 13.8 Å². The monoisotopic (exact) mass is 476 g/mol. The minimum absolute atomic E-state index is 0.0479. The first-order chi connectivity index (χ1) is 16.3. The highest BCUT2D eigenvalue weighted by Crippen LogP contribution is 2.45. The Morgan fingerprint density at radius 3 is 2.47 bits per heavy atom. The molecule has 174 valence electrons. The quantitative estimate of drug-likeness (QED) is 0.497. The first-order valence-corrected chi connectivity index (χ1v) is 11.8. The second-order valence-electron chi connectivity index (χ2n) is 8.68. The van der Waals surface area contributed by atoms with Gasteiger partial charge in [0.25, 0.3) is 5.91 Å². The summed E-state index contributed by atoms with van der Waals surface area (Å²) >= 11 is 1.26. The molecule has 5 rings (SSSR count). The van der Waals surface area contributed by atoms with Crippen LogP contribution in [-0.4, -0.2) is 28.6 Å². The van der Waals surface area contributed by atoms with Gasteiger partial charge in [0.05, 0.1) is 27.2 Å². The maximum Gasteiger partial charge on any atom is 0.294 e. The van der Waals surface area contributed by atoms with E-state index >= 15 is 0 Å². The van der Waals surface area contributed by atoms with Crippen LogP contribution in [0.3, 0.4) is 0 Å². The summed E-state index contributed by atoms with van der Waals surface area (Å²) in [5.74, 6) is -0.165. The number of carbonyl (C=O) groups excluding carboxylic acids is 2. The molecule has 1 N–H and O–H groups in total. The van der Waals surface area contributed by atoms with Crippen molar-refractivity contribution in [1.29, 1.82) is 0 Å². The number of aliphatic hydroxyl groups excluding tert-OH is 1. The number of carbonyl (C=O) groups is 2. The van der Waals surface area contributed by atoms with Gasteiger partial charge in [-0.3, -0.25) is 14.5 Å². The van der Waals surface area contributed by atoms with E-state index in [0.29, 0.717) is 33.7 Å². The van der Waals surface area contributed by atoms with Crippen LogP contribution in [0.25, 0.3) is 0 Å². The summed E-state index contributed by atoms with van der Waals surface area (Å²) in [5, 5.41) is 11.7. The van der Waals surface area contributed by atoms with E-state index in [1.165, 1.54) is 16.2 Å². The van der Waals surface area contributed by atoms with Crippen LogP contribution in [0.2, 0.25) is 0 Å². The molecular formula is C26H24N2O5S. The van der Waals surface area contributed by atoms with Crippen molar-refractivity contribution in [3.8, 4) is 11.5 Å². The molecule has 34 heavy (non-hydrogen) atoms. The number of thiazole rings is 1. The summed E-state index contributed by atoms with van der Waals surface area (Å²) in [7, 11) is 0. The highest BCUT2D eigenvalue weighted by atomic mass is 32.1. The first kappa shape index (κ1) is 22.2. The van der Waals surface area contributed by atoms with E-state index in [4.69, 9.17) is 9.47 Å². The predicted octanol–water partition coefficient (Wildman–Crippen LogP) is 5.39. The van der Waals surface area contributed by atoms with E-state index in [1.807, 2.05) is 31.2 Å². The number of aryl methyl sites for hydroxylation is 2. The summed E-state index contributed by atoms with van der Waals surface area (Å²) < 4.78 is 10.9. The van der Waals surface area contributed by atoms with Gasteiger partial charge in [-0.05, 0) is 43.0 Å². The molecule has 0 bridgehead atoms. The zero-order valence-electron chi connectivity index (χ0n) is 19.3. The molecule has 0 saturated carbocycles. The number of amides is 1. The van der Waals surface area contributed by atoms with Crippen LogP contribution < -0.4 is 14.4 Å². The number of rotatable bonds is 5. The van der Waals surface area contributed by atoms with Crippen LogP contribution in [0.4, 0.5) is 5.69 Å². The standard InChI is InChI=1S/C26H24N2O5S/c1-13(2)16-5-7-17(8-6-16)22-21(23(29)25-14(3)27-15(4)34-25)24(30)26(31)28(22)18-9-10-19-20(11-18)33-12-32-19/h5-11,13,22,30H,12H2,1-4H3. The Labute approximate surface area is 201 Å². The Morgan fingerprint density at radius 2 is 1.82 bits per heavy atom. The molecule has 2 aliphatic heterocycles. The average molecular weight is 477 g/mol. The maximum absolute atomic E-state index is 13.7. The SMILES string of the molecule is Cc1nc(C)c(C(=O)C2=C(O)C(=O)N(c3ccc4c(c3)OCO4)C2c2ccc(C(C)C)cc2)s1. The Hall–Kier alpha value is -3.65. The maximum atomic E-state index is 13.7. The van der Waals surface area contributed by atoms with Gasteiger partial charge in [-0.25, -0.2) is 4.98 Å². The van der Waals surface area contributed by atoms with Crippen molar-refractivity contribution < 1.29 is 24.2 Å². The number of hydrogen-bond acceptors (Lipinski definition) is 7. The molecule has 2 aliphatic rings. The van der Waals surface area contributed by atoms with Crippen molar-refractivity contribution in [2.75, 3.05) is 11.7 Å². The fourth-order valence-electron chi connectivity index (χ4n) is 4.38. The molecule has 2 aromatic carbocycles. The van der Waals surface area contributed by atoms with Gasteiger partial charge < -0.3 is 14.6 Å². The molecule has 0 aliphatic carbocycles. The molecule has 1 amide bonds.